The molecule has 2 aromatic carbocycles. The molecule has 0 radical (unpaired) electrons. The van der Waals surface area contributed by atoms with Crippen molar-refractivity contribution >= 4 is 33.5 Å². The van der Waals surface area contributed by atoms with E-state index in [1.807, 2.05) is 0 Å². The highest BCUT2D eigenvalue weighted by molar-refractivity contribution is 9.10. The Labute approximate surface area is 136 Å². The average Bonchev–Trinajstić information content (AvgIpc) is 2.47. The van der Waals surface area contributed by atoms with Gasteiger partial charge in [0.15, 0.2) is 0 Å². The lowest BCUT2D eigenvalue weighted by atomic mass is 10.1. The zero-order valence-electron chi connectivity index (χ0n) is 11.2. The minimum absolute atomic E-state index is 0.00172. The van der Waals surface area contributed by atoms with Crippen molar-refractivity contribution in [1.82, 2.24) is 0 Å². The summed E-state index contributed by atoms with van der Waals surface area (Å²) in [5.41, 5.74) is -1.40. The second-order valence-electron chi connectivity index (χ2n) is 4.43. The molecule has 0 aliphatic rings. The monoisotopic (exact) mass is 388 g/mol. The van der Waals surface area contributed by atoms with Gasteiger partial charge in [-0.3, -0.25) is 15.1 Å². The van der Waals surface area contributed by atoms with Gasteiger partial charge in [0.1, 0.15) is 0 Å². The Kier molecular flexibility index (Phi) is 4.69. The Morgan fingerprint density at radius 2 is 1.96 bits per heavy atom. The van der Waals surface area contributed by atoms with Crippen LogP contribution < -0.4 is 0 Å². The molecule has 0 aliphatic carbocycles. The lowest BCUT2D eigenvalue weighted by molar-refractivity contribution is -0.385. The van der Waals surface area contributed by atoms with Crippen LogP contribution in [0, 0.1) is 10.1 Å². The second kappa shape index (κ2) is 6.37. The third-order valence-electron chi connectivity index (χ3n) is 2.81. The predicted molar refractivity (Wildman–Crippen MR) is 81.2 cm³/mol. The fraction of sp³-hybridized carbons (Fsp3) is 0.0714. The highest BCUT2D eigenvalue weighted by atomic mass is 79.9. The number of nitrogens with zero attached hydrogens (tertiary/aromatic N) is 2. The molecule has 0 spiro atoms. The molecule has 5 nitrogen and oxygen atoms in total. The Morgan fingerprint density at radius 3 is 2.57 bits per heavy atom. The van der Waals surface area contributed by atoms with Crippen molar-refractivity contribution in [2.75, 3.05) is 0 Å². The van der Waals surface area contributed by atoms with Crippen molar-refractivity contribution in [1.29, 1.82) is 0 Å². The van der Waals surface area contributed by atoms with Crippen LogP contribution in [-0.2, 0) is 6.18 Å². The van der Waals surface area contributed by atoms with Gasteiger partial charge in [-0.05, 0) is 24.3 Å². The number of phenolic OH excluding ortho intramolecular Hbond substituents is 1. The van der Waals surface area contributed by atoms with Gasteiger partial charge >= 0.3 is 11.9 Å². The van der Waals surface area contributed by atoms with Crippen LogP contribution in [0.5, 0.6) is 5.75 Å². The number of aliphatic imine (C=N–C) groups is 1. The van der Waals surface area contributed by atoms with Crippen LogP contribution in [0.4, 0.5) is 24.5 Å². The number of nitro benzene ring substituents is 1. The number of hydrogen-bond donors (Lipinski definition) is 1. The van der Waals surface area contributed by atoms with Gasteiger partial charge in [-0.15, -0.1) is 0 Å². The molecule has 0 bridgehead atoms. The van der Waals surface area contributed by atoms with Crippen molar-refractivity contribution < 1.29 is 23.2 Å². The average molecular weight is 389 g/mol. The van der Waals surface area contributed by atoms with Gasteiger partial charge in [0.2, 0.25) is 5.75 Å². The molecule has 23 heavy (non-hydrogen) atoms. The van der Waals surface area contributed by atoms with Gasteiger partial charge in [-0.2, -0.15) is 13.2 Å². The molecule has 0 amide bonds. The molecule has 0 saturated carbocycles. The number of phenols is 1. The van der Waals surface area contributed by atoms with E-state index in [0.29, 0.717) is 4.47 Å². The lowest BCUT2D eigenvalue weighted by Crippen LogP contribution is -2.03. The molecule has 0 saturated heterocycles. The van der Waals surface area contributed by atoms with Crippen LogP contribution in [0.15, 0.2) is 45.9 Å². The molecule has 9 heteroatoms. The number of benzene rings is 2. The normalized spacial score (nSPS) is 11.8. The summed E-state index contributed by atoms with van der Waals surface area (Å²) in [7, 11) is 0. The summed E-state index contributed by atoms with van der Waals surface area (Å²) < 4.78 is 38.2. The molecule has 2 aromatic rings. The van der Waals surface area contributed by atoms with E-state index in [1.54, 1.807) is 0 Å². The number of alkyl halides is 3. The largest absolute Gasteiger partial charge is 0.502 e. The maximum Gasteiger partial charge on any atom is 0.416 e. The van der Waals surface area contributed by atoms with E-state index < -0.39 is 28.1 Å². The van der Waals surface area contributed by atoms with Crippen LogP contribution >= 0.6 is 15.9 Å². The van der Waals surface area contributed by atoms with Crippen molar-refractivity contribution in [3.05, 3.63) is 62.1 Å². The van der Waals surface area contributed by atoms with Crippen LogP contribution in [0.25, 0.3) is 0 Å². The molecule has 120 valence electrons. The first-order valence-electron chi connectivity index (χ1n) is 6.06. The topological polar surface area (TPSA) is 75.7 Å². The minimum atomic E-state index is -4.50. The number of nitro groups is 1. The second-order valence-corrected chi connectivity index (χ2v) is 5.34. The molecular formula is C14H8BrF3N2O3. The first-order valence-corrected chi connectivity index (χ1v) is 6.86. The Balaban J connectivity index is 2.40. The molecule has 1 N–H and O–H groups in total. The molecular weight excluding hydrogens is 381 g/mol. The lowest BCUT2D eigenvalue weighted by Gasteiger charge is -2.06. The highest BCUT2D eigenvalue weighted by Gasteiger charge is 2.30. The van der Waals surface area contributed by atoms with Gasteiger partial charge in [0.25, 0.3) is 0 Å². The van der Waals surface area contributed by atoms with Crippen molar-refractivity contribution in [3.63, 3.8) is 0 Å². The highest BCUT2D eigenvalue weighted by Crippen LogP contribution is 2.34. The van der Waals surface area contributed by atoms with E-state index >= 15 is 0 Å². The molecule has 0 heterocycles. The summed E-state index contributed by atoms with van der Waals surface area (Å²) in [6.07, 6.45) is -3.44. The van der Waals surface area contributed by atoms with E-state index in [1.165, 1.54) is 18.2 Å². The van der Waals surface area contributed by atoms with Crippen molar-refractivity contribution in [2.24, 2.45) is 4.99 Å². The number of halogens is 4. The predicted octanol–water partition coefficient (Wildman–Crippen LogP) is 4.83. The quantitative estimate of drug-likeness (QED) is 0.464. The number of rotatable bonds is 3. The zero-order valence-corrected chi connectivity index (χ0v) is 12.8. The van der Waals surface area contributed by atoms with Crippen LogP contribution in [0.2, 0.25) is 0 Å². The van der Waals surface area contributed by atoms with Crippen molar-refractivity contribution in [3.8, 4) is 5.75 Å². The Bertz CT molecular complexity index is 791. The molecule has 0 aromatic heterocycles. The number of hydrogen-bond acceptors (Lipinski definition) is 4. The summed E-state index contributed by atoms with van der Waals surface area (Å²) >= 11 is 3.05. The van der Waals surface area contributed by atoms with E-state index in [2.05, 4.69) is 20.9 Å². The fourth-order valence-electron chi connectivity index (χ4n) is 1.75. The molecule has 2 rings (SSSR count). The summed E-state index contributed by atoms with van der Waals surface area (Å²) in [4.78, 5) is 13.9. The van der Waals surface area contributed by atoms with Crippen LogP contribution in [0.3, 0.4) is 0 Å². The maximum absolute atomic E-state index is 12.6. The minimum Gasteiger partial charge on any atom is -0.502 e. The third-order valence-corrected chi connectivity index (χ3v) is 3.26. The van der Waals surface area contributed by atoms with E-state index in [4.69, 9.17) is 0 Å². The standard InChI is InChI=1S/C14H8BrF3N2O3/c15-10-4-8(13(21)12(6-10)20(22)23)7-19-11-3-1-2-9(5-11)14(16,17)18/h1-7,21H. The van der Waals surface area contributed by atoms with E-state index in [0.717, 1.165) is 24.4 Å². The summed E-state index contributed by atoms with van der Waals surface area (Å²) in [5, 5.41) is 20.6. The molecule has 0 fully saturated rings. The van der Waals surface area contributed by atoms with Gasteiger partial charge in [0, 0.05) is 22.3 Å². The summed E-state index contributed by atoms with van der Waals surface area (Å²) in [5.74, 6) is -0.617. The zero-order chi connectivity index (χ0) is 17.2. The maximum atomic E-state index is 12.6. The third kappa shape index (κ3) is 4.07. The Morgan fingerprint density at radius 1 is 1.26 bits per heavy atom. The fourth-order valence-corrected chi connectivity index (χ4v) is 2.21. The van der Waals surface area contributed by atoms with Gasteiger partial charge in [-0.25, -0.2) is 0 Å². The van der Waals surface area contributed by atoms with E-state index in [9.17, 15) is 28.4 Å². The van der Waals surface area contributed by atoms with Gasteiger partial charge in [0.05, 0.1) is 16.2 Å². The van der Waals surface area contributed by atoms with Gasteiger partial charge in [-0.1, -0.05) is 22.0 Å². The van der Waals surface area contributed by atoms with Crippen molar-refractivity contribution in [2.45, 2.75) is 6.18 Å². The first kappa shape index (κ1) is 16.9. The Hall–Kier alpha value is -2.42. The molecule has 0 atom stereocenters. The summed E-state index contributed by atoms with van der Waals surface area (Å²) in [6.45, 7) is 0. The molecule has 0 aliphatic heterocycles. The van der Waals surface area contributed by atoms with Crippen LogP contribution in [-0.4, -0.2) is 16.2 Å². The smallest absolute Gasteiger partial charge is 0.416 e. The first-order chi connectivity index (χ1) is 10.7. The van der Waals surface area contributed by atoms with Crippen LogP contribution in [0.1, 0.15) is 11.1 Å². The van der Waals surface area contributed by atoms with Gasteiger partial charge < -0.3 is 5.11 Å². The molecule has 0 unspecified atom stereocenters. The van der Waals surface area contributed by atoms with E-state index in [-0.39, 0.29) is 11.3 Å². The summed E-state index contributed by atoms with van der Waals surface area (Å²) in [6, 6.07) is 6.74. The number of aromatic hydroxyl groups is 1. The SMILES string of the molecule is O=[N+]([O-])c1cc(Br)cc(C=Nc2cccc(C(F)(F)F)c2)c1O.